The second-order valence-electron chi connectivity index (χ2n) is 5.61. The molecule has 0 bridgehead atoms. The number of carbonyl (C=O) groups excluding carboxylic acids is 1. The zero-order chi connectivity index (χ0) is 17.4. The SMILES string of the molecule is Cc1c(C(=O)CSc2nnc(-c3cccs3)n2C)sc2ccccc12. The molecule has 0 saturated carbocycles. The van der Waals surface area contributed by atoms with Gasteiger partial charge in [0.1, 0.15) is 0 Å². The molecule has 0 spiro atoms. The Balaban J connectivity index is 1.53. The van der Waals surface area contributed by atoms with Gasteiger partial charge in [-0.05, 0) is 35.4 Å². The molecule has 0 fully saturated rings. The van der Waals surface area contributed by atoms with Crippen molar-refractivity contribution in [3.05, 3.63) is 52.2 Å². The lowest BCUT2D eigenvalue weighted by atomic mass is 10.1. The van der Waals surface area contributed by atoms with Crippen molar-refractivity contribution in [3.63, 3.8) is 0 Å². The van der Waals surface area contributed by atoms with Crippen LogP contribution in [-0.2, 0) is 7.05 Å². The summed E-state index contributed by atoms with van der Waals surface area (Å²) >= 11 is 4.64. The number of fused-ring (bicyclic) bond motifs is 1. The first-order chi connectivity index (χ1) is 12.1. The van der Waals surface area contributed by atoms with Gasteiger partial charge in [0, 0.05) is 11.7 Å². The molecule has 7 heteroatoms. The number of thioether (sulfide) groups is 1. The minimum absolute atomic E-state index is 0.143. The molecule has 0 saturated heterocycles. The standard InChI is InChI=1S/C18H15N3OS3/c1-11-12-6-3-4-7-14(12)25-16(11)13(22)10-24-18-20-19-17(21(18)2)15-8-5-9-23-15/h3-9H,10H2,1-2H3. The second kappa shape index (κ2) is 6.74. The van der Waals surface area contributed by atoms with E-state index < -0.39 is 0 Å². The average molecular weight is 386 g/mol. The molecule has 0 aliphatic carbocycles. The number of rotatable bonds is 5. The predicted octanol–water partition coefficient (Wildman–Crippen LogP) is 5.04. The zero-order valence-electron chi connectivity index (χ0n) is 13.7. The summed E-state index contributed by atoms with van der Waals surface area (Å²) in [4.78, 5) is 14.6. The van der Waals surface area contributed by atoms with Gasteiger partial charge in [-0.2, -0.15) is 0 Å². The van der Waals surface area contributed by atoms with Gasteiger partial charge < -0.3 is 4.57 Å². The van der Waals surface area contributed by atoms with Crippen molar-refractivity contribution in [3.8, 4) is 10.7 Å². The lowest BCUT2D eigenvalue weighted by molar-refractivity contribution is 0.102. The number of thiophene rings is 2. The Morgan fingerprint density at radius 2 is 2.04 bits per heavy atom. The highest BCUT2D eigenvalue weighted by molar-refractivity contribution is 7.99. The van der Waals surface area contributed by atoms with Crippen molar-refractivity contribution in [2.75, 3.05) is 5.75 Å². The highest BCUT2D eigenvalue weighted by Crippen LogP contribution is 2.32. The maximum Gasteiger partial charge on any atom is 0.191 e. The average Bonchev–Trinajstić information content (AvgIpc) is 3.33. The van der Waals surface area contributed by atoms with Crippen LogP contribution in [0.1, 0.15) is 15.2 Å². The molecule has 0 N–H and O–H groups in total. The second-order valence-corrected chi connectivity index (χ2v) is 8.55. The minimum Gasteiger partial charge on any atom is -0.304 e. The Bertz CT molecular complexity index is 1050. The molecular weight excluding hydrogens is 370 g/mol. The van der Waals surface area contributed by atoms with Crippen LogP contribution in [0.25, 0.3) is 20.8 Å². The number of ketones is 1. The van der Waals surface area contributed by atoms with Gasteiger partial charge in [0.2, 0.25) is 0 Å². The first kappa shape index (κ1) is 16.5. The first-order valence-corrected chi connectivity index (χ1v) is 10.4. The largest absolute Gasteiger partial charge is 0.304 e. The molecule has 0 aliphatic rings. The van der Waals surface area contributed by atoms with Crippen LogP contribution in [0.2, 0.25) is 0 Å². The van der Waals surface area contributed by atoms with Gasteiger partial charge in [0.15, 0.2) is 16.8 Å². The summed E-state index contributed by atoms with van der Waals surface area (Å²) in [6.45, 7) is 2.02. The van der Waals surface area contributed by atoms with Crippen LogP contribution >= 0.6 is 34.4 Å². The molecule has 3 heterocycles. The number of Topliss-reactive ketones (excluding diaryl/α,β-unsaturated/α-hetero) is 1. The van der Waals surface area contributed by atoms with Gasteiger partial charge in [-0.15, -0.1) is 32.9 Å². The summed E-state index contributed by atoms with van der Waals surface area (Å²) < 4.78 is 3.11. The van der Waals surface area contributed by atoms with Crippen molar-refractivity contribution >= 4 is 50.3 Å². The van der Waals surface area contributed by atoms with Gasteiger partial charge in [-0.3, -0.25) is 4.79 Å². The fourth-order valence-corrected chi connectivity index (χ4v) is 5.46. The summed E-state index contributed by atoms with van der Waals surface area (Å²) in [5.74, 6) is 1.34. The maximum absolute atomic E-state index is 12.7. The van der Waals surface area contributed by atoms with E-state index in [0.29, 0.717) is 5.75 Å². The number of aryl methyl sites for hydroxylation is 1. The van der Waals surface area contributed by atoms with Gasteiger partial charge in [0.05, 0.1) is 15.5 Å². The quantitative estimate of drug-likeness (QED) is 0.357. The highest BCUT2D eigenvalue weighted by Gasteiger charge is 2.18. The van der Waals surface area contributed by atoms with Gasteiger partial charge in [0.25, 0.3) is 0 Å². The van der Waals surface area contributed by atoms with Crippen LogP contribution in [0.5, 0.6) is 0 Å². The molecule has 0 amide bonds. The van der Waals surface area contributed by atoms with E-state index in [1.807, 2.05) is 48.2 Å². The van der Waals surface area contributed by atoms with Crippen LogP contribution in [0.4, 0.5) is 0 Å². The molecule has 0 aliphatic heterocycles. The zero-order valence-corrected chi connectivity index (χ0v) is 16.2. The highest BCUT2D eigenvalue weighted by atomic mass is 32.2. The molecular formula is C18H15N3OS3. The van der Waals surface area contributed by atoms with E-state index in [4.69, 9.17) is 0 Å². The molecule has 25 heavy (non-hydrogen) atoms. The summed E-state index contributed by atoms with van der Waals surface area (Å²) in [6, 6.07) is 12.2. The fraction of sp³-hybridized carbons (Fsp3) is 0.167. The lowest BCUT2D eigenvalue weighted by Crippen LogP contribution is -2.03. The molecule has 0 atom stereocenters. The monoisotopic (exact) mass is 385 g/mol. The maximum atomic E-state index is 12.7. The first-order valence-electron chi connectivity index (χ1n) is 7.72. The Hall–Kier alpha value is -1.96. The molecule has 3 aromatic heterocycles. The predicted molar refractivity (Wildman–Crippen MR) is 106 cm³/mol. The molecule has 0 radical (unpaired) electrons. The summed E-state index contributed by atoms with van der Waals surface area (Å²) in [7, 11) is 1.94. The number of carbonyl (C=O) groups is 1. The van der Waals surface area contributed by atoms with E-state index in [-0.39, 0.29) is 5.78 Å². The Labute approximate surface area is 157 Å². The van der Waals surface area contributed by atoms with Crippen molar-refractivity contribution in [1.82, 2.24) is 14.8 Å². The topological polar surface area (TPSA) is 47.8 Å². The number of hydrogen-bond acceptors (Lipinski definition) is 6. The van der Waals surface area contributed by atoms with E-state index in [1.165, 1.54) is 17.1 Å². The van der Waals surface area contributed by atoms with Crippen LogP contribution in [0, 0.1) is 6.92 Å². The van der Waals surface area contributed by atoms with Crippen LogP contribution in [-0.4, -0.2) is 26.3 Å². The summed E-state index contributed by atoms with van der Waals surface area (Å²) in [5, 5.41) is 12.4. The van der Waals surface area contributed by atoms with Crippen LogP contribution in [0.15, 0.2) is 46.9 Å². The van der Waals surface area contributed by atoms with E-state index in [2.05, 4.69) is 22.3 Å². The molecule has 4 rings (SSSR count). The summed E-state index contributed by atoms with van der Waals surface area (Å²) in [5.41, 5.74) is 1.07. The third kappa shape index (κ3) is 3.03. The Morgan fingerprint density at radius 3 is 2.80 bits per heavy atom. The van der Waals surface area contributed by atoms with Crippen molar-refractivity contribution in [2.24, 2.45) is 7.05 Å². The molecule has 126 valence electrons. The molecule has 4 nitrogen and oxygen atoms in total. The van der Waals surface area contributed by atoms with Crippen molar-refractivity contribution in [2.45, 2.75) is 12.1 Å². The van der Waals surface area contributed by atoms with Gasteiger partial charge >= 0.3 is 0 Å². The smallest absolute Gasteiger partial charge is 0.191 e. The number of aromatic nitrogens is 3. The number of nitrogens with zero attached hydrogens (tertiary/aromatic N) is 3. The molecule has 1 aromatic carbocycles. The fourth-order valence-electron chi connectivity index (χ4n) is 2.70. The van der Waals surface area contributed by atoms with Crippen LogP contribution in [0.3, 0.4) is 0 Å². The normalized spacial score (nSPS) is 11.3. The summed E-state index contributed by atoms with van der Waals surface area (Å²) in [6.07, 6.45) is 0. The third-order valence-electron chi connectivity index (χ3n) is 4.01. The Kier molecular flexibility index (Phi) is 4.45. The Morgan fingerprint density at radius 1 is 1.20 bits per heavy atom. The van der Waals surface area contributed by atoms with E-state index in [0.717, 1.165) is 31.0 Å². The van der Waals surface area contributed by atoms with E-state index in [9.17, 15) is 4.79 Å². The number of benzene rings is 1. The van der Waals surface area contributed by atoms with Gasteiger partial charge in [-0.25, -0.2) is 0 Å². The van der Waals surface area contributed by atoms with Crippen LogP contribution < -0.4 is 0 Å². The number of hydrogen-bond donors (Lipinski definition) is 0. The molecule has 4 aromatic rings. The van der Waals surface area contributed by atoms with Crippen molar-refractivity contribution < 1.29 is 4.79 Å². The van der Waals surface area contributed by atoms with Crippen molar-refractivity contribution in [1.29, 1.82) is 0 Å². The van der Waals surface area contributed by atoms with E-state index in [1.54, 1.807) is 22.7 Å². The molecule has 0 unspecified atom stereocenters. The minimum atomic E-state index is 0.143. The van der Waals surface area contributed by atoms with Gasteiger partial charge in [-0.1, -0.05) is 36.0 Å². The van der Waals surface area contributed by atoms with E-state index >= 15 is 0 Å². The third-order valence-corrected chi connectivity index (χ3v) is 7.21. The lowest BCUT2D eigenvalue weighted by Gasteiger charge is -2.02.